The monoisotopic (exact) mass is 252 g/mol. The molecule has 2 nitrogen and oxygen atoms in total. The molecule has 0 fully saturated rings. The quantitative estimate of drug-likeness (QED) is 0.754. The van der Waals surface area contributed by atoms with Crippen LogP contribution in [0.25, 0.3) is 6.08 Å². The Morgan fingerprint density at radius 3 is 2.53 bits per heavy atom. The van der Waals surface area contributed by atoms with Gasteiger partial charge in [0.15, 0.2) is 0 Å². The summed E-state index contributed by atoms with van der Waals surface area (Å²) in [7, 11) is 0. The number of carbonyl (C=O) groups excluding carboxylic acids is 1. The number of ether oxygens (including phenoxy) is 1. The molecule has 2 aromatic rings. The smallest absolute Gasteiger partial charge is 0.150 e. The van der Waals surface area contributed by atoms with Crippen LogP contribution in [0.2, 0.25) is 0 Å². The van der Waals surface area contributed by atoms with Crippen LogP contribution in [0.5, 0.6) is 5.75 Å². The van der Waals surface area contributed by atoms with Crippen molar-refractivity contribution in [3.05, 3.63) is 71.3 Å². The highest BCUT2D eigenvalue weighted by Crippen LogP contribution is 2.18. The molecule has 0 bridgehead atoms. The third-order valence-electron chi connectivity index (χ3n) is 2.78. The SMILES string of the molecule is Cc1cc(C=O)ccc1OC/C=C/c1ccccc1. The summed E-state index contributed by atoms with van der Waals surface area (Å²) in [5.41, 5.74) is 2.79. The average molecular weight is 252 g/mol. The van der Waals surface area contributed by atoms with Crippen LogP contribution in [0.1, 0.15) is 21.5 Å². The van der Waals surface area contributed by atoms with E-state index >= 15 is 0 Å². The van der Waals surface area contributed by atoms with Gasteiger partial charge in [-0.1, -0.05) is 36.4 Å². The molecule has 0 aliphatic heterocycles. The van der Waals surface area contributed by atoms with Gasteiger partial charge in [-0.3, -0.25) is 4.79 Å². The van der Waals surface area contributed by atoms with Gasteiger partial charge < -0.3 is 4.74 Å². The summed E-state index contributed by atoms with van der Waals surface area (Å²) in [5, 5.41) is 0. The van der Waals surface area contributed by atoms with Crippen molar-refractivity contribution in [2.75, 3.05) is 6.61 Å². The van der Waals surface area contributed by atoms with Crippen LogP contribution in [0.4, 0.5) is 0 Å². The van der Waals surface area contributed by atoms with Crippen LogP contribution in [-0.2, 0) is 0 Å². The van der Waals surface area contributed by atoms with Gasteiger partial charge in [-0.25, -0.2) is 0 Å². The molecular formula is C17H16O2. The van der Waals surface area contributed by atoms with E-state index < -0.39 is 0 Å². The zero-order valence-corrected chi connectivity index (χ0v) is 10.9. The van der Waals surface area contributed by atoms with Crippen LogP contribution in [0.3, 0.4) is 0 Å². The number of carbonyl (C=O) groups is 1. The first-order valence-electron chi connectivity index (χ1n) is 6.20. The summed E-state index contributed by atoms with van der Waals surface area (Å²) in [6.07, 6.45) is 4.84. The largest absolute Gasteiger partial charge is 0.489 e. The molecule has 0 unspecified atom stereocenters. The fourth-order valence-corrected chi connectivity index (χ4v) is 1.79. The Balaban J connectivity index is 1.92. The Morgan fingerprint density at radius 2 is 1.84 bits per heavy atom. The lowest BCUT2D eigenvalue weighted by Gasteiger charge is -2.07. The maximum Gasteiger partial charge on any atom is 0.150 e. The highest BCUT2D eigenvalue weighted by Gasteiger charge is 1.99. The van der Waals surface area contributed by atoms with E-state index in [0.29, 0.717) is 12.2 Å². The molecule has 0 saturated carbocycles. The number of aryl methyl sites for hydroxylation is 1. The Bertz CT molecular complexity index is 571. The summed E-state index contributed by atoms with van der Waals surface area (Å²) >= 11 is 0. The summed E-state index contributed by atoms with van der Waals surface area (Å²) in [5.74, 6) is 0.809. The van der Waals surface area contributed by atoms with Gasteiger partial charge in [0.05, 0.1) is 0 Å². The van der Waals surface area contributed by atoms with Crippen LogP contribution in [-0.4, -0.2) is 12.9 Å². The van der Waals surface area contributed by atoms with Crippen LogP contribution in [0.15, 0.2) is 54.6 Å². The summed E-state index contributed by atoms with van der Waals surface area (Å²) in [6, 6.07) is 15.5. The maximum atomic E-state index is 10.6. The molecule has 2 aromatic carbocycles. The molecule has 0 amide bonds. The molecule has 0 atom stereocenters. The van der Waals surface area contributed by atoms with E-state index in [-0.39, 0.29) is 0 Å². The van der Waals surface area contributed by atoms with Crippen molar-refractivity contribution < 1.29 is 9.53 Å². The summed E-state index contributed by atoms with van der Waals surface area (Å²) in [4.78, 5) is 10.6. The lowest BCUT2D eigenvalue weighted by atomic mass is 10.1. The fourth-order valence-electron chi connectivity index (χ4n) is 1.79. The van der Waals surface area contributed by atoms with E-state index in [0.717, 1.165) is 23.2 Å². The number of benzene rings is 2. The molecule has 0 N–H and O–H groups in total. The van der Waals surface area contributed by atoms with Crippen molar-refractivity contribution in [3.63, 3.8) is 0 Å². The van der Waals surface area contributed by atoms with Gasteiger partial charge in [0.2, 0.25) is 0 Å². The van der Waals surface area contributed by atoms with E-state index in [9.17, 15) is 4.79 Å². The first kappa shape index (κ1) is 13.1. The first-order chi connectivity index (χ1) is 9.29. The number of hydrogen-bond acceptors (Lipinski definition) is 2. The van der Waals surface area contributed by atoms with Crippen molar-refractivity contribution in [2.45, 2.75) is 6.92 Å². The number of aldehydes is 1. The zero-order chi connectivity index (χ0) is 13.5. The van der Waals surface area contributed by atoms with Gasteiger partial charge in [-0.2, -0.15) is 0 Å². The van der Waals surface area contributed by atoms with Gasteiger partial charge in [-0.15, -0.1) is 0 Å². The second-order valence-electron chi connectivity index (χ2n) is 4.27. The van der Waals surface area contributed by atoms with E-state index in [2.05, 4.69) is 0 Å². The summed E-state index contributed by atoms with van der Waals surface area (Å²) < 4.78 is 5.66. The third-order valence-corrected chi connectivity index (χ3v) is 2.78. The second-order valence-corrected chi connectivity index (χ2v) is 4.27. The lowest BCUT2D eigenvalue weighted by molar-refractivity contribution is 0.112. The van der Waals surface area contributed by atoms with Crippen molar-refractivity contribution in [1.82, 2.24) is 0 Å². The molecule has 0 radical (unpaired) electrons. The van der Waals surface area contributed by atoms with Crippen LogP contribution < -0.4 is 4.74 Å². The van der Waals surface area contributed by atoms with E-state index in [1.807, 2.05) is 61.5 Å². The minimum Gasteiger partial charge on any atom is -0.489 e. The highest BCUT2D eigenvalue weighted by molar-refractivity contribution is 5.75. The van der Waals surface area contributed by atoms with E-state index in [1.165, 1.54) is 0 Å². The Labute approximate surface area is 113 Å². The normalized spacial score (nSPS) is 10.6. The molecule has 19 heavy (non-hydrogen) atoms. The Kier molecular flexibility index (Phi) is 4.51. The van der Waals surface area contributed by atoms with Gasteiger partial charge in [0.25, 0.3) is 0 Å². The molecule has 0 spiro atoms. The van der Waals surface area contributed by atoms with Crippen LogP contribution in [0, 0.1) is 6.92 Å². The predicted molar refractivity (Wildman–Crippen MR) is 77.5 cm³/mol. The maximum absolute atomic E-state index is 10.6. The molecule has 0 aliphatic carbocycles. The first-order valence-corrected chi connectivity index (χ1v) is 6.20. The topological polar surface area (TPSA) is 26.3 Å². The highest BCUT2D eigenvalue weighted by atomic mass is 16.5. The summed E-state index contributed by atoms with van der Waals surface area (Å²) in [6.45, 7) is 2.44. The van der Waals surface area contributed by atoms with E-state index in [4.69, 9.17) is 4.74 Å². The third kappa shape index (κ3) is 3.81. The molecule has 0 aliphatic rings. The molecule has 0 heterocycles. The Morgan fingerprint density at radius 1 is 1.05 bits per heavy atom. The van der Waals surface area contributed by atoms with Gasteiger partial charge in [0.1, 0.15) is 18.6 Å². The van der Waals surface area contributed by atoms with Crippen molar-refractivity contribution in [3.8, 4) is 5.75 Å². The Hall–Kier alpha value is -2.35. The fraction of sp³-hybridized carbons (Fsp3) is 0.118. The molecule has 96 valence electrons. The van der Waals surface area contributed by atoms with E-state index in [1.54, 1.807) is 6.07 Å². The van der Waals surface area contributed by atoms with Crippen molar-refractivity contribution >= 4 is 12.4 Å². The second kappa shape index (κ2) is 6.55. The van der Waals surface area contributed by atoms with Gasteiger partial charge >= 0.3 is 0 Å². The number of hydrogen-bond donors (Lipinski definition) is 0. The van der Waals surface area contributed by atoms with Crippen molar-refractivity contribution in [1.29, 1.82) is 0 Å². The molecular weight excluding hydrogens is 236 g/mol. The van der Waals surface area contributed by atoms with Crippen molar-refractivity contribution in [2.24, 2.45) is 0 Å². The zero-order valence-electron chi connectivity index (χ0n) is 10.9. The molecule has 0 saturated heterocycles. The van der Waals surface area contributed by atoms with Gasteiger partial charge in [-0.05, 0) is 42.3 Å². The predicted octanol–water partition coefficient (Wildman–Crippen LogP) is 3.90. The minimum absolute atomic E-state index is 0.510. The van der Waals surface area contributed by atoms with Gasteiger partial charge in [0, 0.05) is 5.56 Å². The molecule has 2 rings (SSSR count). The molecule has 2 heteroatoms. The average Bonchev–Trinajstić information content (AvgIpc) is 2.46. The lowest BCUT2D eigenvalue weighted by Crippen LogP contribution is -1.96. The molecule has 0 aromatic heterocycles. The standard InChI is InChI=1S/C17H16O2/c1-14-12-16(13-18)9-10-17(14)19-11-5-8-15-6-3-2-4-7-15/h2-10,12-13H,11H2,1H3/b8-5+. The number of rotatable bonds is 5. The van der Waals surface area contributed by atoms with Crippen LogP contribution >= 0.6 is 0 Å². The minimum atomic E-state index is 0.510.